The van der Waals surface area contributed by atoms with E-state index in [-0.39, 0.29) is 5.41 Å². The molecule has 0 saturated carbocycles. The molecule has 1 aliphatic rings. The van der Waals surface area contributed by atoms with Crippen molar-refractivity contribution in [2.75, 3.05) is 0 Å². The zero-order valence-corrected chi connectivity index (χ0v) is 5.59. The molecule has 1 aliphatic carbocycles. The molecule has 0 aromatic rings. The van der Waals surface area contributed by atoms with Gasteiger partial charge in [0.15, 0.2) is 0 Å². The summed E-state index contributed by atoms with van der Waals surface area (Å²) in [5.74, 6) is 0. The van der Waals surface area contributed by atoms with Gasteiger partial charge in [-0.25, -0.2) is 0 Å². The van der Waals surface area contributed by atoms with Crippen LogP contribution in [0.25, 0.3) is 0 Å². The SMILES string of the molecule is CC1(C=N)C=CC=CC1. The smallest absolute Gasteiger partial charge is 0.0238 e. The van der Waals surface area contributed by atoms with Crippen LogP contribution in [0.5, 0.6) is 0 Å². The van der Waals surface area contributed by atoms with E-state index in [0.29, 0.717) is 0 Å². The summed E-state index contributed by atoms with van der Waals surface area (Å²) in [6, 6.07) is 0. The fourth-order valence-corrected chi connectivity index (χ4v) is 0.851. The molecule has 1 rings (SSSR count). The van der Waals surface area contributed by atoms with Gasteiger partial charge in [-0.15, -0.1) is 0 Å². The van der Waals surface area contributed by atoms with Crippen molar-refractivity contribution >= 4 is 6.21 Å². The summed E-state index contributed by atoms with van der Waals surface area (Å²) < 4.78 is 0. The fraction of sp³-hybridized carbons (Fsp3) is 0.375. The molecule has 1 atom stereocenters. The van der Waals surface area contributed by atoms with Crippen molar-refractivity contribution in [2.45, 2.75) is 13.3 Å². The van der Waals surface area contributed by atoms with Crippen molar-refractivity contribution in [3.8, 4) is 0 Å². The minimum absolute atomic E-state index is 0.00521. The Kier molecular flexibility index (Phi) is 1.52. The third-order valence-electron chi connectivity index (χ3n) is 1.61. The maximum Gasteiger partial charge on any atom is 0.0238 e. The van der Waals surface area contributed by atoms with E-state index in [2.05, 4.69) is 19.1 Å². The Hall–Kier alpha value is -0.850. The zero-order chi connectivity index (χ0) is 6.74. The number of hydrogen-bond donors (Lipinski definition) is 1. The fourth-order valence-electron chi connectivity index (χ4n) is 0.851. The highest BCUT2D eigenvalue weighted by Crippen LogP contribution is 2.23. The first-order chi connectivity index (χ1) is 4.27. The van der Waals surface area contributed by atoms with E-state index < -0.39 is 0 Å². The van der Waals surface area contributed by atoms with E-state index >= 15 is 0 Å². The molecule has 48 valence electrons. The van der Waals surface area contributed by atoms with E-state index in [1.807, 2.05) is 12.2 Å². The van der Waals surface area contributed by atoms with Crippen LogP contribution in [-0.4, -0.2) is 6.21 Å². The monoisotopic (exact) mass is 121 g/mol. The van der Waals surface area contributed by atoms with Crippen molar-refractivity contribution in [3.05, 3.63) is 24.3 Å². The standard InChI is InChI=1S/C8H11N/c1-8(7-9)5-3-2-4-6-8/h2-5,7,9H,6H2,1H3. The van der Waals surface area contributed by atoms with E-state index in [1.165, 1.54) is 6.21 Å². The van der Waals surface area contributed by atoms with Crippen molar-refractivity contribution in [2.24, 2.45) is 5.41 Å². The van der Waals surface area contributed by atoms with Crippen molar-refractivity contribution in [1.82, 2.24) is 0 Å². The van der Waals surface area contributed by atoms with Gasteiger partial charge in [-0.2, -0.15) is 0 Å². The molecule has 1 unspecified atom stereocenters. The Morgan fingerprint density at radius 2 is 2.33 bits per heavy atom. The Morgan fingerprint density at radius 3 is 2.67 bits per heavy atom. The first-order valence-electron chi connectivity index (χ1n) is 3.13. The lowest BCUT2D eigenvalue weighted by Gasteiger charge is -2.19. The van der Waals surface area contributed by atoms with Crippen molar-refractivity contribution in [1.29, 1.82) is 5.41 Å². The molecule has 0 saturated heterocycles. The van der Waals surface area contributed by atoms with E-state index in [0.717, 1.165) is 6.42 Å². The van der Waals surface area contributed by atoms with E-state index in [1.54, 1.807) is 0 Å². The van der Waals surface area contributed by atoms with Gasteiger partial charge in [0.05, 0.1) is 0 Å². The van der Waals surface area contributed by atoms with Gasteiger partial charge in [0.25, 0.3) is 0 Å². The van der Waals surface area contributed by atoms with Crippen LogP contribution in [0.3, 0.4) is 0 Å². The van der Waals surface area contributed by atoms with E-state index in [4.69, 9.17) is 5.41 Å². The molecular weight excluding hydrogens is 110 g/mol. The highest BCUT2D eigenvalue weighted by Gasteiger charge is 2.16. The summed E-state index contributed by atoms with van der Waals surface area (Å²) in [4.78, 5) is 0. The predicted octanol–water partition coefficient (Wildman–Crippen LogP) is 2.16. The largest absolute Gasteiger partial charge is 0.312 e. The van der Waals surface area contributed by atoms with Gasteiger partial charge in [-0.05, 0) is 6.42 Å². The second kappa shape index (κ2) is 2.18. The molecule has 1 heteroatoms. The molecule has 0 radical (unpaired) electrons. The van der Waals surface area contributed by atoms with Crippen LogP contribution in [-0.2, 0) is 0 Å². The molecule has 0 fully saturated rings. The molecule has 0 amide bonds. The van der Waals surface area contributed by atoms with Crippen LogP contribution in [0.2, 0.25) is 0 Å². The lowest BCUT2D eigenvalue weighted by molar-refractivity contribution is 0.613. The lowest BCUT2D eigenvalue weighted by Crippen LogP contribution is -2.14. The molecule has 9 heavy (non-hydrogen) atoms. The van der Waals surface area contributed by atoms with Gasteiger partial charge in [0.2, 0.25) is 0 Å². The Morgan fingerprint density at radius 1 is 1.56 bits per heavy atom. The van der Waals surface area contributed by atoms with Gasteiger partial charge in [-0.1, -0.05) is 31.2 Å². The minimum atomic E-state index is -0.00521. The van der Waals surface area contributed by atoms with Crippen LogP contribution in [0.15, 0.2) is 24.3 Å². The molecule has 1 N–H and O–H groups in total. The van der Waals surface area contributed by atoms with Gasteiger partial charge < -0.3 is 5.41 Å². The minimum Gasteiger partial charge on any atom is -0.312 e. The van der Waals surface area contributed by atoms with Crippen molar-refractivity contribution in [3.63, 3.8) is 0 Å². The van der Waals surface area contributed by atoms with Crippen LogP contribution < -0.4 is 0 Å². The Balaban J connectivity index is 2.73. The van der Waals surface area contributed by atoms with Crippen LogP contribution in [0, 0.1) is 10.8 Å². The topological polar surface area (TPSA) is 23.9 Å². The summed E-state index contributed by atoms with van der Waals surface area (Å²) in [7, 11) is 0. The molecule has 0 aromatic heterocycles. The molecule has 0 aliphatic heterocycles. The summed E-state index contributed by atoms with van der Waals surface area (Å²) in [6.45, 7) is 2.06. The van der Waals surface area contributed by atoms with Crippen LogP contribution >= 0.6 is 0 Å². The molecule has 0 heterocycles. The second-order valence-corrected chi connectivity index (χ2v) is 2.64. The number of nitrogens with one attached hydrogen (secondary N) is 1. The number of allylic oxidation sites excluding steroid dienone is 4. The molecule has 0 bridgehead atoms. The van der Waals surface area contributed by atoms with Gasteiger partial charge in [0.1, 0.15) is 0 Å². The second-order valence-electron chi connectivity index (χ2n) is 2.64. The third-order valence-corrected chi connectivity index (χ3v) is 1.61. The lowest BCUT2D eigenvalue weighted by atomic mass is 9.85. The Bertz CT molecular complexity index is 167. The van der Waals surface area contributed by atoms with Crippen LogP contribution in [0.4, 0.5) is 0 Å². The quantitative estimate of drug-likeness (QED) is 0.514. The third kappa shape index (κ3) is 1.28. The summed E-state index contributed by atoms with van der Waals surface area (Å²) >= 11 is 0. The maximum absolute atomic E-state index is 7.08. The summed E-state index contributed by atoms with van der Waals surface area (Å²) in [6.07, 6.45) is 10.6. The zero-order valence-electron chi connectivity index (χ0n) is 5.59. The highest BCUT2D eigenvalue weighted by atomic mass is 14.4. The average molecular weight is 121 g/mol. The molecule has 1 nitrogen and oxygen atoms in total. The number of rotatable bonds is 1. The van der Waals surface area contributed by atoms with Gasteiger partial charge in [0, 0.05) is 11.6 Å². The van der Waals surface area contributed by atoms with E-state index in [9.17, 15) is 0 Å². The summed E-state index contributed by atoms with van der Waals surface area (Å²) in [5.41, 5.74) is -0.00521. The summed E-state index contributed by atoms with van der Waals surface area (Å²) in [5, 5.41) is 7.08. The molecular formula is C8H11N. The normalized spacial score (nSPS) is 32.6. The molecule has 0 spiro atoms. The Labute approximate surface area is 55.6 Å². The highest BCUT2D eigenvalue weighted by molar-refractivity contribution is 5.65. The van der Waals surface area contributed by atoms with Gasteiger partial charge in [-0.3, -0.25) is 0 Å². The van der Waals surface area contributed by atoms with Crippen LogP contribution in [0.1, 0.15) is 13.3 Å². The van der Waals surface area contributed by atoms with Crippen molar-refractivity contribution < 1.29 is 0 Å². The average Bonchev–Trinajstić information content (AvgIpc) is 1.90. The van der Waals surface area contributed by atoms with Gasteiger partial charge >= 0.3 is 0 Å². The first-order valence-corrected chi connectivity index (χ1v) is 3.13. The molecule has 0 aromatic carbocycles. The number of hydrogen-bond acceptors (Lipinski definition) is 1. The maximum atomic E-state index is 7.08. The predicted molar refractivity (Wildman–Crippen MR) is 39.8 cm³/mol. The first kappa shape index (κ1) is 6.27.